The van der Waals surface area contributed by atoms with Crippen molar-refractivity contribution in [3.8, 4) is 0 Å². The number of aromatic nitrogens is 3. The molecule has 0 fully saturated rings. The highest BCUT2D eigenvalue weighted by Crippen LogP contribution is 2.17. The van der Waals surface area contributed by atoms with Gasteiger partial charge in [0.2, 0.25) is 5.78 Å². The summed E-state index contributed by atoms with van der Waals surface area (Å²) >= 11 is 1.55. The molecule has 0 aliphatic rings. The Hall–Kier alpha value is -1.53. The molecule has 0 radical (unpaired) electrons. The highest BCUT2D eigenvalue weighted by molar-refractivity contribution is 7.10. The number of thiophene rings is 1. The van der Waals surface area contributed by atoms with Gasteiger partial charge in [-0.15, -0.1) is 16.4 Å². The lowest BCUT2D eigenvalue weighted by atomic mass is 10.1. The summed E-state index contributed by atoms with van der Waals surface area (Å²) in [4.78, 5) is 13.0. The first-order valence-corrected chi connectivity index (χ1v) is 5.79. The molecule has 2 aromatic heterocycles. The van der Waals surface area contributed by atoms with Crippen LogP contribution in [0, 0.1) is 6.92 Å². The summed E-state index contributed by atoms with van der Waals surface area (Å²) in [7, 11) is 0. The lowest BCUT2D eigenvalue weighted by Crippen LogP contribution is -2.10. The molecule has 2 heterocycles. The lowest BCUT2D eigenvalue weighted by Gasteiger charge is -1.94. The van der Waals surface area contributed by atoms with Crippen LogP contribution in [0.4, 0.5) is 0 Å². The zero-order valence-corrected chi connectivity index (χ0v) is 9.70. The Morgan fingerprint density at radius 2 is 2.44 bits per heavy atom. The number of hydrogen-bond acceptors (Lipinski definition) is 5. The molecule has 0 unspecified atom stereocenters. The highest BCUT2D eigenvalue weighted by atomic mass is 32.1. The van der Waals surface area contributed by atoms with E-state index in [9.17, 15) is 4.79 Å². The minimum atomic E-state index is -0.0815. The quantitative estimate of drug-likeness (QED) is 0.798. The summed E-state index contributed by atoms with van der Waals surface area (Å²) in [6.07, 6.45) is 1.63. The second-order valence-corrected chi connectivity index (χ2v) is 4.50. The van der Waals surface area contributed by atoms with Gasteiger partial charge in [-0.3, -0.25) is 9.48 Å². The fraction of sp³-hybridized carbons (Fsp3) is 0.300. The molecule has 5 nitrogen and oxygen atoms in total. The van der Waals surface area contributed by atoms with Crippen molar-refractivity contribution in [3.05, 3.63) is 33.8 Å². The molecule has 0 aliphatic heterocycles. The molecule has 6 heteroatoms. The van der Waals surface area contributed by atoms with Gasteiger partial charge in [0.25, 0.3) is 0 Å². The van der Waals surface area contributed by atoms with Crippen molar-refractivity contribution >= 4 is 17.1 Å². The van der Waals surface area contributed by atoms with E-state index in [0.29, 0.717) is 24.3 Å². The van der Waals surface area contributed by atoms with Gasteiger partial charge in [0.1, 0.15) is 0 Å². The second kappa shape index (κ2) is 4.54. The standard InChI is InChI=1S/C10H12N4OS/c1-7-8(2-5-16-7)10(15)9-6-14(4-3-11)13-12-9/h2,5-6H,3-4,11H2,1H3. The Labute approximate surface area is 96.9 Å². The zero-order chi connectivity index (χ0) is 11.5. The van der Waals surface area contributed by atoms with E-state index >= 15 is 0 Å². The molecule has 0 aliphatic carbocycles. The molecule has 2 aromatic rings. The van der Waals surface area contributed by atoms with Crippen LogP contribution in [-0.4, -0.2) is 27.3 Å². The van der Waals surface area contributed by atoms with Crippen LogP contribution in [0.15, 0.2) is 17.6 Å². The predicted molar refractivity (Wildman–Crippen MR) is 61.6 cm³/mol. The first-order chi connectivity index (χ1) is 7.72. The predicted octanol–water partition coefficient (Wildman–Crippen LogP) is 0.838. The van der Waals surface area contributed by atoms with E-state index in [1.54, 1.807) is 22.2 Å². The molecule has 0 aromatic carbocycles. The third kappa shape index (κ3) is 2.02. The largest absolute Gasteiger partial charge is 0.329 e. The van der Waals surface area contributed by atoms with Gasteiger partial charge in [-0.05, 0) is 18.4 Å². The van der Waals surface area contributed by atoms with Gasteiger partial charge in [0.05, 0.1) is 12.7 Å². The van der Waals surface area contributed by atoms with Gasteiger partial charge in [-0.25, -0.2) is 0 Å². The topological polar surface area (TPSA) is 73.8 Å². The SMILES string of the molecule is Cc1sccc1C(=O)c1cn(CCN)nn1. The maximum Gasteiger partial charge on any atom is 0.215 e. The number of carbonyl (C=O) groups is 1. The van der Waals surface area contributed by atoms with Crippen molar-refractivity contribution in [2.45, 2.75) is 13.5 Å². The smallest absolute Gasteiger partial charge is 0.215 e. The van der Waals surface area contributed by atoms with Crippen molar-refractivity contribution in [1.29, 1.82) is 0 Å². The van der Waals surface area contributed by atoms with Crippen molar-refractivity contribution in [3.63, 3.8) is 0 Å². The van der Waals surface area contributed by atoms with Crippen LogP contribution >= 0.6 is 11.3 Å². The highest BCUT2D eigenvalue weighted by Gasteiger charge is 2.15. The van der Waals surface area contributed by atoms with E-state index in [0.717, 1.165) is 4.88 Å². The molecular formula is C10H12N4OS. The lowest BCUT2D eigenvalue weighted by molar-refractivity contribution is 0.103. The maximum atomic E-state index is 12.0. The number of nitrogens with two attached hydrogens (primary N) is 1. The van der Waals surface area contributed by atoms with Crippen molar-refractivity contribution < 1.29 is 4.79 Å². The second-order valence-electron chi connectivity index (χ2n) is 3.38. The molecule has 84 valence electrons. The average Bonchev–Trinajstić information content (AvgIpc) is 2.87. The third-order valence-corrected chi connectivity index (χ3v) is 3.08. The molecule has 0 atom stereocenters. The van der Waals surface area contributed by atoms with Gasteiger partial charge in [-0.2, -0.15) is 0 Å². The summed E-state index contributed by atoms with van der Waals surface area (Å²) in [5, 5.41) is 9.58. The Kier molecular flexibility index (Phi) is 3.12. The van der Waals surface area contributed by atoms with Crippen molar-refractivity contribution in [1.82, 2.24) is 15.0 Å². The molecule has 2 rings (SSSR count). The summed E-state index contributed by atoms with van der Waals surface area (Å²) in [5.74, 6) is -0.0815. The molecule has 0 bridgehead atoms. The number of rotatable bonds is 4. The van der Waals surface area contributed by atoms with E-state index in [1.165, 1.54) is 0 Å². The number of nitrogens with zero attached hydrogens (tertiary/aromatic N) is 3. The Morgan fingerprint density at radius 1 is 1.62 bits per heavy atom. The van der Waals surface area contributed by atoms with Crippen LogP contribution in [0.2, 0.25) is 0 Å². The van der Waals surface area contributed by atoms with E-state index < -0.39 is 0 Å². The fourth-order valence-corrected chi connectivity index (χ4v) is 2.10. The molecule has 0 saturated carbocycles. The van der Waals surface area contributed by atoms with Crippen LogP contribution in [0.25, 0.3) is 0 Å². The van der Waals surface area contributed by atoms with Crippen LogP contribution in [0.3, 0.4) is 0 Å². The summed E-state index contributed by atoms with van der Waals surface area (Å²) in [6, 6.07) is 1.81. The Bertz CT molecular complexity index is 502. The summed E-state index contributed by atoms with van der Waals surface area (Å²) in [5.41, 5.74) is 6.46. The molecular weight excluding hydrogens is 224 g/mol. The number of aryl methyl sites for hydroxylation is 1. The first-order valence-electron chi connectivity index (χ1n) is 4.91. The van der Waals surface area contributed by atoms with Crippen molar-refractivity contribution in [2.75, 3.05) is 6.54 Å². The minimum Gasteiger partial charge on any atom is -0.329 e. The molecule has 0 spiro atoms. The van der Waals surface area contributed by atoms with Gasteiger partial charge in [-0.1, -0.05) is 5.21 Å². The number of ketones is 1. The van der Waals surface area contributed by atoms with Crippen LogP contribution < -0.4 is 5.73 Å². The van der Waals surface area contributed by atoms with Crippen molar-refractivity contribution in [2.24, 2.45) is 5.73 Å². The minimum absolute atomic E-state index is 0.0815. The van der Waals surface area contributed by atoms with Gasteiger partial charge < -0.3 is 5.73 Å². The van der Waals surface area contributed by atoms with E-state index in [-0.39, 0.29) is 5.78 Å². The van der Waals surface area contributed by atoms with E-state index in [4.69, 9.17) is 5.73 Å². The number of carbonyl (C=O) groups excluding carboxylic acids is 1. The van der Waals surface area contributed by atoms with Crippen LogP contribution in [-0.2, 0) is 6.54 Å². The Balaban J connectivity index is 2.24. The number of hydrogen-bond donors (Lipinski definition) is 1. The summed E-state index contributed by atoms with van der Waals surface area (Å²) < 4.78 is 1.58. The molecule has 0 saturated heterocycles. The van der Waals surface area contributed by atoms with Crippen LogP contribution in [0.5, 0.6) is 0 Å². The Morgan fingerprint density at radius 3 is 3.06 bits per heavy atom. The molecule has 2 N–H and O–H groups in total. The zero-order valence-electron chi connectivity index (χ0n) is 8.88. The normalized spacial score (nSPS) is 10.6. The van der Waals surface area contributed by atoms with Gasteiger partial charge in [0, 0.05) is 17.0 Å². The van der Waals surface area contributed by atoms with Gasteiger partial charge in [0.15, 0.2) is 5.69 Å². The monoisotopic (exact) mass is 236 g/mol. The first kappa shape index (κ1) is 11.0. The third-order valence-electron chi connectivity index (χ3n) is 2.23. The van der Waals surface area contributed by atoms with Gasteiger partial charge >= 0.3 is 0 Å². The average molecular weight is 236 g/mol. The van der Waals surface area contributed by atoms with E-state index in [2.05, 4.69) is 10.3 Å². The van der Waals surface area contributed by atoms with Crippen LogP contribution in [0.1, 0.15) is 20.9 Å². The fourth-order valence-electron chi connectivity index (χ4n) is 1.40. The van der Waals surface area contributed by atoms with E-state index in [1.807, 2.05) is 18.4 Å². The molecule has 16 heavy (non-hydrogen) atoms. The summed E-state index contributed by atoms with van der Waals surface area (Å²) in [6.45, 7) is 2.97. The molecule has 0 amide bonds. The maximum absolute atomic E-state index is 12.0.